The molecule has 2 aromatic carbocycles. The fourth-order valence-electron chi connectivity index (χ4n) is 2.83. The molecule has 0 saturated heterocycles. The third-order valence-corrected chi connectivity index (χ3v) is 4.22. The number of hydrogen-bond donors (Lipinski definition) is 0. The maximum Gasteiger partial charge on any atom is 0.0497 e. The molecule has 3 aromatic rings. The number of hydrogen-bond acceptors (Lipinski definition) is 0. The molecule has 1 atom stereocenters. The van der Waals surface area contributed by atoms with Crippen LogP contribution >= 0.6 is 0 Å². The molecule has 0 spiro atoms. The van der Waals surface area contributed by atoms with E-state index in [1.165, 1.54) is 33.8 Å². The monoisotopic (exact) mass is 263 g/mol. The molecule has 0 amide bonds. The van der Waals surface area contributed by atoms with Gasteiger partial charge >= 0.3 is 0 Å². The van der Waals surface area contributed by atoms with E-state index in [4.69, 9.17) is 0 Å². The standard InChI is InChI=1S/C19H21N/c1-4-14(3)13-20-18-9-7-6-8-16(18)17-11-10-15(5-2)12-19(17)20/h5-12,14H,2,4,13H2,1,3H3. The Morgan fingerprint density at radius 1 is 1.10 bits per heavy atom. The summed E-state index contributed by atoms with van der Waals surface area (Å²) in [5, 5.41) is 2.69. The van der Waals surface area contributed by atoms with Crippen LogP contribution in [0.1, 0.15) is 25.8 Å². The van der Waals surface area contributed by atoms with Crippen LogP contribution in [0.2, 0.25) is 0 Å². The smallest absolute Gasteiger partial charge is 0.0497 e. The van der Waals surface area contributed by atoms with E-state index in [0.29, 0.717) is 5.92 Å². The summed E-state index contributed by atoms with van der Waals surface area (Å²) < 4.78 is 2.46. The predicted molar refractivity (Wildman–Crippen MR) is 89.0 cm³/mol. The van der Waals surface area contributed by atoms with Gasteiger partial charge in [-0.1, -0.05) is 63.3 Å². The van der Waals surface area contributed by atoms with Crippen LogP contribution in [0.5, 0.6) is 0 Å². The molecule has 1 heteroatoms. The zero-order chi connectivity index (χ0) is 14.1. The lowest BCUT2D eigenvalue weighted by Crippen LogP contribution is -2.06. The van der Waals surface area contributed by atoms with Crippen LogP contribution in [-0.4, -0.2) is 4.57 Å². The molecule has 0 fully saturated rings. The van der Waals surface area contributed by atoms with Crippen LogP contribution in [0.15, 0.2) is 49.0 Å². The lowest BCUT2D eigenvalue weighted by molar-refractivity contribution is 0.485. The summed E-state index contributed by atoms with van der Waals surface area (Å²) in [5.74, 6) is 0.682. The first-order valence-electron chi connectivity index (χ1n) is 7.38. The van der Waals surface area contributed by atoms with Crippen LogP contribution in [-0.2, 0) is 6.54 Å². The molecule has 0 aliphatic rings. The molecule has 0 saturated carbocycles. The minimum Gasteiger partial charge on any atom is -0.340 e. The summed E-state index contributed by atoms with van der Waals surface area (Å²) >= 11 is 0. The molecule has 3 rings (SSSR count). The molecule has 1 unspecified atom stereocenters. The van der Waals surface area contributed by atoms with Gasteiger partial charge in [0.05, 0.1) is 0 Å². The van der Waals surface area contributed by atoms with Crippen molar-refractivity contribution in [2.24, 2.45) is 5.92 Å². The molecule has 0 radical (unpaired) electrons. The normalized spacial score (nSPS) is 12.9. The second-order valence-corrected chi connectivity index (χ2v) is 5.62. The molecule has 20 heavy (non-hydrogen) atoms. The number of aromatic nitrogens is 1. The number of para-hydroxylation sites is 1. The van der Waals surface area contributed by atoms with Crippen LogP contribution in [0.25, 0.3) is 27.9 Å². The summed E-state index contributed by atoms with van der Waals surface area (Å²) in [7, 11) is 0. The maximum absolute atomic E-state index is 3.89. The largest absolute Gasteiger partial charge is 0.340 e. The van der Waals surface area contributed by atoms with Crippen LogP contribution < -0.4 is 0 Å². The lowest BCUT2D eigenvalue weighted by Gasteiger charge is -2.13. The molecule has 1 heterocycles. The summed E-state index contributed by atoms with van der Waals surface area (Å²) in [4.78, 5) is 0. The van der Waals surface area contributed by atoms with Gasteiger partial charge in [0.2, 0.25) is 0 Å². The first kappa shape index (κ1) is 13.0. The highest BCUT2D eigenvalue weighted by molar-refractivity contribution is 6.08. The fraction of sp³-hybridized carbons (Fsp3) is 0.263. The highest BCUT2D eigenvalue weighted by Gasteiger charge is 2.12. The molecular formula is C19H21N. The maximum atomic E-state index is 3.89. The molecule has 1 nitrogen and oxygen atoms in total. The van der Waals surface area contributed by atoms with Crippen LogP contribution in [0.3, 0.4) is 0 Å². The number of rotatable bonds is 4. The van der Waals surface area contributed by atoms with Crippen molar-refractivity contribution in [3.8, 4) is 0 Å². The van der Waals surface area contributed by atoms with E-state index in [1.54, 1.807) is 0 Å². The summed E-state index contributed by atoms with van der Waals surface area (Å²) in [6.45, 7) is 9.53. The Hall–Kier alpha value is -2.02. The number of nitrogens with zero attached hydrogens (tertiary/aromatic N) is 1. The van der Waals surface area contributed by atoms with Gasteiger partial charge in [-0.3, -0.25) is 0 Å². The third-order valence-electron chi connectivity index (χ3n) is 4.22. The van der Waals surface area contributed by atoms with Crippen molar-refractivity contribution in [1.29, 1.82) is 0 Å². The van der Waals surface area contributed by atoms with Crippen molar-refractivity contribution < 1.29 is 0 Å². The third kappa shape index (κ3) is 2.03. The van der Waals surface area contributed by atoms with Gasteiger partial charge in [-0.05, 0) is 23.6 Å². The highest BCUT2D eigenvalue weighted by atomic mass is 15.0. The molecule has 0 aliphatic carbocycles. The van der Waals surface area contributed by atoms with E-state index in [9.17, 15) is 0 Å². The molecule has 0 aliphatic heterocycles. The fourth-order valence-corrected chi connectivity index (χ4v) is 2.83. The second-order valence-electron chi connectivity index (χ2n) is 5.62. The van der Waals surface area contributed by atoms with Crippen molar-refractivity contribution in [3.05, 3.63) is 54.6 Å². The second kappa shape index (κ2) is 5.16. The predicted octanol–water partition coefficient (Wildman–Crippen LogP) is 5.48. The van der Waals surface area contributed by atoms with Crippen molar-refractivity contribution in [2.45, 2.75) is 26.8 Å². The van der Waals surface area contributed by atoms with Crippen molar-refractivity contribution in [3.63, 3.8) is 0 Å². The minimum absolute atomic E-state index is 0.682. The van der Waals surface area contributed by atoms with Gasteiger partial charge in [-0.15, -0.1) is 0 Å². The van der Waals surface area contributed by atoms with E-state index in [-0.39, 0.29) is 0 Å². The zero-order valence-corrected chi connectivity index (χ0v) is 12.3. The first-order chi connectivity index (χ1) is 9.74. The van der Waals surface area contributed by atoms with Gasteiger partial charge in [0.25, 0.3) is 0 Å². The summed E-state index contributed by atoms with van der Waals surface area (Å²) in [6, 6.07) is 15.3. The molecule has 0 bridgehead atoms. The van der Waals surface area contributed by atoms with Crippen molar-refractivity contribution in [2.75, 3.05) is 0 Å². The highest BCUT2D eigenvalue weighted by Crippen LogP contribution is 2.30. The van der Waals surface area contributed by atoms with Gasteiger partial charge in [0.1, 0.15) is 0 Å². The number of benzene rings is 2. The Bertz CT molecular complexity index is 764. The molecular weight excluding hydrogens is 242 g/mol. The van der Waals surface area contributed by atoms with Gasteiger partial charge in [0, 0.05) is 28.4 Å². The Balaban J connectivity index is 2.33. The zero-order valence-electron chi connectivity index (χ0n) is 12.3. The average molecular weight is 263 g/mol. The molecule has 0 N–H and O–H groups in total. The SMILES string of the molecule is C=Cc1ccc2c3ccccc3n(CC(C)CC)c2c1. The van der Waals surface area contributed by atoms with Crippen molar-refractivity contribution >= 4 is 27.9 Å². The van der Waals surface area contributed by atoms with Crippen LogP contribution in [0.4, 0.5) is 0 Å². The first-order valence-corrected chi connectivity index (χ1v) is 7.38. The topological polar surface area (TPSA) is 4.93 Å². The van der Waals surface area contributed by atoms with Crippen LogP contribution in [0, 0.1) is 5.92 Å². The molecule has 102 valence electrons. The van der Waals surface area contributed by atoms with Gasteiger partial charge in [-0.25, -0.2) is 0 Å². The quantitative estimate of drug-likeness (QED) is 0.587. The average Bonchev–Trinajstić information content (AvgIpc) is 2.81. The Morgan fingerprint density at radius 2 is 1.85 bits per heavy atom. The van der Waals surface area contributed by atoms with Crippen molar-refractivity contribution in [1.82, 2.24) is 4.57 Å². The van der Waals surface area contributed by atoms with E-state index < -0.39 is 0 Å². The molecule has 1 aromatic heterocycles. The van der Waals surface area contributed by atoms with Gasteiger partial charge in [0.15, 0.2) is 0 Å². The summed E-state index contributed by atoms with van der Waals surface area (Å²) in [6.07, 6.45) is 3.12. The Morgan fingerprint density at radius 3 is 2.60 bits per heavy atom. The van der Waals surface area contributed by atoms with E-state index >= 15 is 0 Å². The summed E-state index contributed by atoms with van der Waals surface area (Å²) in [5.41, 5.74) is 3.85. The number of fused-ring (bicyclic) bond motifs is 3. The van der Waals surface area contributed by atoms with E-state index in [0.717, 1.165) is 6.54 Å². The Kier molecular flexibility index (Phi) is 3.35. The minimum atomic E-state index is 0.682. The van der Waals surface area contributed by atoms with E-state index in [1.807, 2.05) is 6.08 Å². The van der Waals surface area contributed by atoms with Gasteiger partial charge in [-0.2, -0.15) is 0 Å². The van der Waals surface area contributed by atoms with E-state index in [2.05, 4.69) is 67.5 Å². The Labute approximate surface area is 120 Å². The lowest BCUT2D eigenvalue weighted by atomic mass is 10.1. The van der Waals surface area contributed by atoms with Gasteiger partial charge < -0.3 is 4.57 Å².